The Morgan fingerprint density at radius 1 is 1.23 bits per heavy atom. The number of aliphatic hydroxyl groups excluding tert-OH is 1. The van der Waals surface area contributed by atoms with Gasteiger partial charge in [0.05, 0.1) is 19.4 Å². The molecular weight excluding hydrogens is 511 g/mol. The Balaban J connectivity index is 0.00000341. The Morgan fingerprint density at radius 2 is 2.03 bits per heavy atom. The summed E-state index contributed by atoms with van der Waals surface area (Å²) in [7, 11) is 0. The van der Waals surface area contributed by atoms with Gasteiger partial charge in [-0.05, 0) is 49.6 Å². The van der Waals surface area contributed by atoms with E-state index >= 15 is 0 Å². The fourth-order valence-corrected chi connectivity index (χ4v) is 3.39. The van der Waals surface area contributed by atoms with Gasteiger partial charge in [0.15, 0.2) is 11.7 Å². The van der Waals surface area contributed by atoms with Crippen LogP contribution in [0.25, 0.3) is 0 Å². The van der Waals surface area contributed by atoms with Gasteiger partial charge in [0.2, 0.25) is 0 Å². The number of guanidine groups is 1. The van der Waals surface area contributed by atoms with Crippen LogP contribution in [0.1, 0.15) is 35.9 Å². The summed E-state index contributed by atoms with van der Waals surface area (Å²) in [5.41, 5.74) is 1.68. The van der Waals surface area contributed by atoms with E-state index in [1.807, 2.05) is 31.2 Å². The molecule has 170 valence electrons. The van der Waals surface area contributed by atoms with Crippen LogP contribution in [0.15, 0.2) is 52.1 Å². The summed E-state index contributed by atoms with van der Waals surface area (Å²) in [4.78, 5) is 16.7. The largest absolute Gasteiger partial charge is 0.459 e. The van der Waals surface area contributed by atoms with Crippen LogP contribution in [0.2, 0.25) is 0 Å². The zero-order chi connectivity index (χ0) is 21.2. The number of halogens is 1. The molecule has 1 aliphatic heterocycles. The van der Waals surface area contributed by atoms with Crippen LogP contribution in [0.4, 0.5) is 5.69 Å². The minimum Gasteiger partial charge on any atom is -0.459 e. The molecule has 1 aromatic heterocycles. The summed E-state index contributed by atoms with van der Waals surface area (Å²) in [6.45, 7) is 5.54. The van der Waals surface area contributed by atoms with E-state index in [4.69, 9.17) is 9.15 Å². The molecule has 1 aliphatic rings. The number of hydrogen-bond acceptors (Lipinski definition) is 5. The van der Waals surface area contributed by atoms with Crippen LogP contribution in [0, 0.1) is 5.41 Å². The van der Waals surface area contributed by atoms with E-state index in [1.165, 1.54) is 6.26 Å². The summed E-state index contributed by atoms with van der Waals surface area (Å²) < 4.78 is 10.6. The highest BCUT2D eigenvalue weighted by atomic mass is 127. The summed E-state index contributed by atoms with van der Waals surface area (Å²) >= 11 is 0. The molecule has 0 saturated carbocycles. The number of furan rings is 1. The smallest absolute Gasteiger partial charge is 0.291 e. The molecule has 1 amide bonds. The second-order valence-corrected chi connectivity index (χ2v) is 7.45. The van der Waals surface area contributed by atoms with E-state index in [-0.39, 0.29) is 47.7 Å². The van der Waals surface area contributed by atoms with Crippen molar-refractivity contribution in [2.24, 2.45) is 10.4 Å². The molecule has 0 bridgehead atoms. The van der Waals surface area contributed by atoms with Gasteiger partial charge in [0.1, 0.15) is 0 Å². The predicted octanol–water partition coefficient (Wildman–Crippen LogP) is 2.99. The number of amides is 1. The van der Waals surface area contributed by atoms with Crippen LogP contribution >= 0.6 is 24.0 Å². The fourth-order valence-electron chi connectivity index (χ4n) is 3.39. The molecule has 0 aliphatic carbocycles. The van der Waals surface area contributed by atoms with Gasteiger partial charge < -0.3 is 30.2 Å². The number of carbonyl (C=O) groups is 1. The Kier molecular flexibility index (Phi) is 10.3. The third kappa shape index (κ3) is 7.51. The maximum Gasteiger partial charge on any atom is 0.291 e. The lowest BCUT2D eigenvalue weighted by Gasteiger charge is -2.27. The molecular formula is C22H31IN4O4. The maximum atomic E-state index is 12.0. The molecule has 4 N–H and O–H groups in total. The quantitative estimate of drug-likeness (QED) is 0.221. The first-order chi connectivity index (χ1) is 14.6. The number of carbonyl (C=O) groups excluding carboxylic acids is 1. The number of nitrogens with one attached hydrogen (secondary N) is 3. The number of rotatable bonds is 9. The minimum atomic E-state index is -0.280. The zero-order valence-electron chi connectivity index (χ0n) is 17.7. The van der Waals surface area contributed by atoms with Crippen molar-refractivity contribution in [2.45, 2.75) is 26.3 Å². The maximum absolute atomic E-state index is 12.0. The van der Waals surface area contributed by atoms with E-state index in [0.717, 1.165) is 31.1 Å². The van der Waals surface area contributed by atoms with E-state index < -0.39 is 0 Å². The highest BCUT2D eigenvalue weighted by molar-refractivity contribution is 14.0. The molecule has 1 aromatic carbocycles. The van der Waals surface area contributed by atoms with E-state index in [9.17, 15) is 9.90 Å². The van der Waals surface area contributed by atoms with Crippen molar-refractivity contribution in [1.82, 2.24) is 10.6 Å². The number of aliphatic hydroxyl groups is 1. The molecule has 9 heteroatoms. The van der Waals surface area contributed by atoms with Crippen LogP contribution in [0.5, 0.6) is 0 Å². The van der Waals surface area contributed by atoms with Crippen molar-refractivity contribution < 1.29 is 19.1 Å². The molecule has 2 heterocycles. The normalized spacial score (nSPS) is 18.3. The first kappa shape index (κ1) is 25.2. The third-order valence-electron chi connectivity index (χ3n) is 5.18. The van der Waals surface area contributed by atoms with Crippen LogP contribution < -0.4 is 16.0 Å². The standard InChI is InChI=1S/C22H30N4O4.HI/c1-2-23-21(25-15-22(9-11-27)10-13-29-16-22)24-14-17-5-7-18(8-6-17)26-20(28)19-4-3-12-30-19;/h3-8,12,27H,2,9-11,13-16H2,1H3,(H,26,28)(H2,23,24,25);1H. The molecule has 1 atom stereocenters. The molecule has 8 nitrogen and oxygen atoms in total. The van der Waals surface area contributed by atoms with Crippen molar-refractivity contribution >= 4 is 41.5 Å². The molecule has 3 rings (SSSR count). The average Bonchev–Trinajstić information content (AvgIpc) is 3.44. The number of anilines is 1. The number of aliphatic imine (C=N–C) groups is 1. The second-order valence-electron chi connectivity index (χ2n) is 7.45. The van der Waals surface area contributed by atoms with Gasteiger partial charge in [-0.1, -0.05) is 12.1 Å². The number of hydrogen-bond donors (Lipinski definition) is 4. The van der Waals surface area contributed by atoms with Crippen molar-refractivity contribution in [3.8, 4) is 0 Å². The van der Waals surface area contributed by atoms with Crippen molar-refractivity contribution in [2.75, 3.05) is 38.2 Å². The van der Waals surface area contributed by atoms with E-state index in [0.29, 0.717) is 31.8 Å². The lowest BCUT2D eigenvalue weighted by Crippen LogP contribution is -2.44. The van der Waals surface area contributed by atoms with E-state index in [2.05, 4.69) is 20.9 Å². The first-order valence-electron chi connectivity index (χ1n) is 10.3. The highest BCUT2D eigenvalue weighted by Crippen LogP contribution is 2.31. The van der Waals surface area contributed by atoms with Crippen LogP contribution in [-0.2, 0) is 11.3 Å². The topological polar surface area (TPSA) is 108 Å². The summed E-state index contributed by atoms with van der Waals surface area (Å²) in [5.74, 6) is 0.727. The fraction of sp³-hybridized carbons (Fsp3) is 0.455. The zero-order valence-corrected chi connectivity index (χ0v) is 20.1. The Bertz CT molecular complexity index is 819. The van der Waals surface area contributed by atoms with Gasteiger partial charge in [-0.3, -0.25) is 4.79 Å². The SMILES string of the molecule is CCNC(=NCc1ccc(NC(=O)c2ccco2)cc1)NCC1(CCO)CCOC1.I. The summed E-state index contributed by atoms with van der Waals surface area (Å²) in [6.07, 6.45) is 3.12. The molecule has 0 radical (unpaired) electrons. The molecule has 1 fully saturated rings. The van der Waals surface area contributed by atoms with Gasteiger partial charge in [-0.2, -0.15) is 0 Å². The van der Waals surface area contributed by atoms with Crippen molar-refractivity contribution in [1.29, 1.82) is 0 Å². The van der Waals surface area contributed by atoms with Crippen LogP contribution in [-0.4, -0.2) is 49.9 Å². The van der Waals surface area contributed by atoms with Gasteiger partial charge in [-0.15, -0.1) is 24.0 Å². The predicted molar refractivity (Wildman–Crippen MR) is 131 cm³/mol. The molecule has 1 saturated heterocycles. The number of benzene rings is 1. The van der Waals surface area contributed by atoms with Gasteiger partial charge >= 0.3 is 0 Å². The van der Waals surface area contributed by atoms with Gasteiger partial charge in [0.25, 0.3) is 5.91 Å². The van der Waals surface area contributed by atoms with Gasteiger partial charge in [-0.25, -0.2) is 4.99 Å². The second kappa shape index (κ2) is 12.7. The van der Waals surface area contributed by atoms with Crippen molar-refractivity contribution in [3.05, 3.63) is 54.0 Å². The minimum absolute atomic E-state index is 0. The molecule has 31 heavy (non-hydrogen) atoms. The Morgan fingerprint density at radius 3 is 2.65 bits per heavy atom. The third-order valence-corrected chi connectivity index (χ3v) is 5.18. The highest BCUT2D eigenvalue weighted by Gasteiger charge is 2.34. The average molecular weight is 542 g/mol. The first-order valence-corrected chi connectivity index (χ1v) is 10.3. The Labute approximate surface area is 199 Å². The lowest BCUT2D eigenvalue weighted by molar-refractivity contribution is 0.0996. The van der Waals surface area contributed by atoms with Crippen molar-refractivity contribution in [3.63, 3.8) is 0 Å². The summed E-state index contributed by atoms with van der Waals surface area (Å²) in [5, 5.41) is 18.8. The van der Waals surface area contributed by atoms with Crippen LogP contribution in [0.3, 0.4) is 0 Å². The Hall–Kier alpha value is -2.11. The molecule has 1 unspecified atom stereocenters. The monoisotopic (exact) mass is 542 g/mol. The number of nitrogens with zero attached hydrogens (tertiary/aromatic N) is 1. The number of ether oxygens (including phenoxy) is 1. The molecule has 2 aromatic rings. The molecule has 0 spiro atoms. The summed E-state index contributed by atoms with van der Waals surface area (Å²) in [6, 6.07) is 10.9. The van der Waals surface area contributed by atoms with E-state index in [1.54, 1.807) is 12.1 Å². The van der Waals surface area contributed by atoms with Gasteiger partial charge in [0, 0.05) is 37.4 Å². The lowest BCUT2D eigenvalue weighted by atomic mass is 9.84.